The summed E-state index contributed by atoms with van der Waals surface area (Å²) in [6.07, 6.45) is 2.31. The van der Waals surface area contributed by atoms with E-state index in [-0.39, 0.29) is 17.9 Å². The first-order valence-electron chi connectivity index (χ1n) is 8.41. The normalized spacial score (nSPS) is 14.1. The minimum Gasteiger partial charge on any atom is -0.469 e. The molecule has 4 rings (SSSR count). The first-order chi connectivity index (χ1) is 12.2. The lowest BCUT2D eigenvalue weighted by Gasteiger charge is -2.28. The zero-order valence-corrected chi connectivity index (χ0v) is 13.9. The van der Waals surface area contributed by atoms with Gasteiger partial charge in [-0.15, -0.1) is 0 Å². The Kier molecular flexibility index (Phi) is 4.02. The lowest BCUT2D eigenvalue weighted by Crippen LogP contribution is -2.38. The van der Waals surface area contributed by atoms with Crippen molar-refractivity contribution in [2.45, 2.75) is 25.3 Å². The van der Waals surface area contributed by atoms with Crippen LogP contribution < -0.4 is 10.1 Å². The highest BCUT2D eigenvalue weighted by molar-refractivity contribution is 5.89. The smallest absolute Gasteiger partial charge is 0.232 e. The standard InChI is InChI=1S/C21H19NO3/c1-14(13-15-7-6-12-24-15)22-21(23)20-16-8-2-4-10-18(16)25-19-11-5-3-9-17(19)20/h2-12,14,20H,13H2,1H3,(H,22,23). The van der Waals surface area contributed by atoms with Gasteiger partial charge in [0.2, 0.25) is 5.91 Å². The van der Waals surface area contributed by atoms with Crippen LogP contribution in [0.25, 0.3) is 0 Å². The summed E-state index contributed by atoms with van der Waals surface area (Å²) in [4.78, 5) is 13.1. The average molecular weight is 333 g/mol. The molecular weight excluding hydrogens is 314 g/mol. The fourth-order valence-electron chi connectivity index (χ4n) is 3.30. The molecule has 1 unspecified atom stereocenters. The predicted molar refractivity (Wildman–Crippen MR) is 94.8 cm³/mol. The Hall–Kier alpha value is -3.01. The molecule has 2 heterocycles. The van der Waals surface area contributed by atoms with Crippen molar-refractivity contribution in [3.8, 4) is 11.5 Å². The summed E-state index contributed by atoms with van der Waals surface area (Å²) in [7, 11) is 0. The monoisotopic (exact) mass is 333 g/mol. The molecule has 1 aromatic heterocycles. The summed E-state index contributed by atoms with van der Waals surface area (Å²) in [6.45, 7) is 1.98. The van der Waals surface area contributed by atoms with E-state index < -0.39 is 0 Å². The van der Waals surface area contributed by atoms with E-state index in [9.17, 15) is 4.79 Å². The van der Waals surface area contributed by atoms with Gasteiger partial charge in [0.05, 0.1) is 12.2 Å². The fraction of sp³-hybridized carbons (Fsp3) is 0.190. The van der Waals surface area contributed by atoms with Gasteiger partial charge in [0, 0.05) is 23.6 Å². The van der Waals surface area contributed by atoms with E-state index in [0.29, 0.717) is 6.42 Å². The molecule has 0 radical (unpaired) electrons. The number of para-hydroxylation sites is 2. The molecule has 0 fully saturated rings. The number of carbonyl (C=O) groups is 1. The molecule has 1 amide bonds. The van der Waals surface area contributed by atoms with Crippen LogP contribution in [-0.4, -0.2) is 11.9 Å². The molecular formula is C21H19NO3. The van der Waals surface area contributed by atoms with Gasteiger partial charge in [-0.05, 0) is 31.2 Å². The van der Waals surface area contributed by atoms with Gasteiger partial charge in [0.1, 0.15) is 17.3 Å². The van der Waals surface area contributed by atoms with Crippen molar-refractivity contribution >= 4 is 5.91 Å². The summed E-state index contributed by atoms with van der Waals surface area (Å²) in [6, 6.07) is 19.2. The molecule has 1 N–H and O–H groups in total. The summed E-state index contributed by atoms with van der Waals surface area (Å²) in [5, 5.41) is 3.12. The van der Waals surface area contributed by atoms with E-state index in [0.717, 1.165) is 28.4 Å². The molecule has 1 aliphatic heterocycles. The number of rotatable bonds is 4. The Morgan fingerprint density at radius 1 is 1.00 bits per heavy atom. The minimum absolute atomic E-state index is 0.0257. The van der Waals surface area contributed by atoms with Crippen LogP contribution in [0.4, 0.5) is 0 Å². The summed E-state index contributed by atoms with van der Waals surface area (Å²) in [5.74, 6) is 1.93. The number of furan rings is 1. The van der Waals surface area contributed by atoms with Crippen molar-refractivity contribution in [1.82, 2.24) is 5.32 Å². The molecule has 0 saturated carbocycles. The van der Waals surface area contributed by atoms with Crippen LogP contribution in [0.2, 0.25) is 0 Å². The molecule has 0 bridgehead atoms. The van der Waals surface area contributed by atoms with Gasteiger partial charge < -0.3 is 14.5 Å². The van der Waals surface area contributed by atoms with Gasteiger partial charge >= 0.3 is 0 Å². The van der Waals surface area contributed by atoms with Gasteiger partial charge in [-0.1, -0.05) is 36.4 Å². The fourth-order valence-corrected chi connectivity index (χ4v) is 3.30. The quantitative estimate of drug-likeness (QED) is 0.776. The second kappa shape index (κ2) is 6.48. The molecule has 0 saturated heterocycles. The summed E-state index contributed by atoms with van der Waals surface area (Å²) < 4.78 is 11.3. The first kappa shape index (κ1) is 15.5. The molecule has 1 aliphatic rings. The van der Waals surface area contributed by atoms with E-state index in [1.54, 1.807) is 6.26 Å². The highest BCUT2D eigenvalue weighted by Gasteiger charge is 2.32. The number of hydrogen-bond donors (Lipinski definition) is 1. The molecule has 3 aromatic rings. The van der Waals surface area contributed by atoms with Crippen LogP contribution >= 0.6 is 0 Å². The number of fused-ring (bicyclic) bond motifs is 2. The third-order valence-electron chi connectivity index (χ3n) is 4.42. The van der Waals surface area contributed by atoms with E-state index >= 15 is 0 Å². The maximum atomic E-state index is 13.1. The molecule has 2 aromatic carbocycles. The lowest BCUT2D eigenvalue weighted by atomic mass is 9.87. The first-order valence-corrected chi connectivity index (χ1v) is 8.41. The van der Waals surface area contributed by atoms with Crippen molar-refractivity contribution < 1.29 is 13.9 Å². The van der Waals surface area contributed by atoms with E-state index in [4.69, 9.17) is 9.15 Å². The number of amides is 1. The SMILES string of the molecule is CC(Cc1ccco1)NC(=O)C1c2ccccc2Oc2ccccc21. The van der Waals surface area contributed by atoms with Gasteiger partial charge in [-0.3, -0.25) is 4.79 Å². The molecule has 0 aliphatic carbocycles. The highest BCUT2D eigenvalue weighted by Crippen LogP contribution is 2.43. The van der Waals surface area contributed by atoms with Crippen molar-refractivity contribution in [3.05, 3.63) is 83.8 Å². The number of ether oxygens (including phenoxy) is 1. The zero-order chi connectivity index (χ0) is 17.2. The number of benzene rings is 2. The Bertz CT molecular complexity index is 840. The molecule has 25 heavy (non-hydrogen) atoms. The third kappa shape index (κ3) is 3.03. The maximum Gasteiger partial charge on any atom is 0.232 e. The Labute approximate surface area is 146 Å². The maximum absolute atomic E-state index is 13.1. The van der Waals surface area contributed by atoms with Gasteiger partial charge in [-0.25, -0.2) is 0 Å². The van der Waals surface area contributed by atoms with Crippen LogP contribution in [0.5, 0.6) is 11.5 Å². The highest BCUT2D eigenvalue weighted by atomic mass is 16.5. The van der Waals surface area contributed by atoms with Gasteiger partial charge in [0.15, 0.2) is 0 Å². The second-order valence-corrected chi connectivity index (χ2v) is 6.30. The molecule has 4 heteroatoms. The van der Waals surface area contributed by atoms with Crippen molar-refractivity contribution in [2.75, 3.05) is 0 Å². The van der Waals surface area contributed by atoms with E-state index in [1.165, 1.54) is 0 Å². The Morgan fingerprint density at radius 2 is 1.64 bits per heavy atom. The molecule has 4 nitrogen and oxygen atoms in total. The van der Waals surface area contributed by atoms with Crippen LogP contribution in [-0.2, 0) is 11.2 Å². The average Bonchev–Trinajstić information content (AvgIpc) is 3.12. The number of hydrogen-bond acceptors (Lipinski definition) is 3. The second-order valence-electron chi connectivity index (χ2n) is 6.30. The van der Waals surface area contributed by atoms with Crippen LogP contribution in [0.3, 0.4) is 0 Å². The van der Waals surface area contributed by atoms with Crippen molar-refractivity contribution in [1.29, 1.82) is 0 Å². The summed E-state index contributed by atoms with van der Waals surface area (Å²) >= 11 is 0. The van der Waals surface area contributed by atoms with Crippen molar-refractivity contribution in [2.24, 2.45) is 0 Å². The number of carbonyl (C=O) groups excluding carboxylic acids is 1. The number of nitrogens with one attached hydrogen (secondary N) is 1. The van der Waals surface area contributed by atoms with Crippen LogP contribution in [0, 0.1) is 0 Å². The van der Waals surface area contributed by atoms with E-state index in [2.05, 4.69) is 5.32 Å². The van der Waals surface area contributed by atoms with Gasteiger partial charge in [-0.2, -0.15) is 0 Å². The largest absolute Gasteiger partial charge is 0.469 e. The third-order valence-corrected chi connectivity index (χ3v) is 4.42. The Balaban J connectivity index is 1.61. The molecule has 1 atom stereocenters. The zero-order valence-electron chi connectivity index (χ0n) is 13.9. The predicted octanol–water partition coefficient (Wildman–Crippen LogP) is 4.26. The lowest BCUT2D eigenvalue weighted by molar-refractivity contribution is -0.122. The summed E-state index contributed by atoms with van der Waals surface area (Å²) in [5.41, 5.74) is 1.78. The Morgan fingerprint density at radius 3 is 2.24 bits per heavy atom. The molecule has 126 valence electrons. The van der Waals surface area contributed by atoms with Gasteiger partial charge in [0.25, 0.3) is 0 Å². The molecule has 0 spiro atoms. The minimum atomic E-state index is -0.375. The topological polar surface area (TPSA) is 51.5 Å². The van der Waals surface area contributed by atoms with E-state index in [1.807, 2.05) is 67.6 Å². The van der Waals surface area contributed by atoms with Crippen LogP contribution in [0.1, 0.15) is 29.7 Å². The van der Waals surface area contributed by atoms with Crippen molar-refractivity contribution in [3.63, 3.8) is 0 Å². The van der Waals surface area contributed by atoms with Crippen LogP contribution in [0.15, 0.2) is 71.3 Å².